The number of aryl methyl sites for hydroxylation is 1. The van der Waals surface area contributed by atoms with Crippen molar-refractivity contribution in [3.63, 3.8) is 0 Å². The lowest BCUT2D eigenvalue weighted by Crippen LogP contribution is -2.15. The Kier molecular flexibility index (Phi) is 4.72. The van der Waals surface area contributed by atoms with Gasteiger partial charge in [0.25, 0.3) is 5.91 Å². The molecule has 9 nitrogen and oxygen atoms in total. The Hall–Kier alpha value is -2.85. The topological polar surface area (TPSA) is 112 Å². The fourth-order valence-corrected chi connectivity index (χ4v) is 3.02. The van der Waals surface area contributed by atoms with Crippen LogP contribution in [0.5, 0.6) is 0 Å². The molecule has 1 aromatic carbocycles. The minimum atomic E-state index is -0.560. The molecular weight excluding hydrogens is 368 g/mol. The van der Waals surface area contributed by atoms with Crippen LogP contribution in [0.15, 0.2) is 24.5 Å². The van der Waals surface area contributed by atoms with E-state index in [0.29, 0.717) is 21.2 Å². The van der Waals surface area contributed by atoms with Crippen molar-refractivity contribution in [3.05, 3.63) is 45.7 Å². The summed E-state index contributed by atoms with van der Waals surface area (Å²) in [7, 11) is 1.27. The van der Waals surface area contributed by atoms with Crippen LogP contribution in [0.25, 0.3) is 5.69 Å². The van der Waals surface area contributed by atoms with Crippen molar-refractivity contribution in [1.29, 1.82) is 0 Å². The van der Waals surface area contributed by atoms with Crippen molar-refractivity contribution in [2.75, 3.05) is 12.4 Å². The van der Waals surface area contributed by atoms with Crippen molar-refractivity contribution >= 4 is 39.9 Å². The smallest absolute Gasteiger partial charge is 0.357 e. The number of amides is 1. The molecule has 0 aliphatic rings. The average molecular weight is 379 g/mol. The van der Waals surface area contributed by atoms with Crippen molar-refractivity contribution in [1.82, 2.24) is 25.2 Å². The monoisotopic (exact) mass is 378 g/mol. The van der Waals surface area contributed by atoms with Gasteiger partial charge in [0.1, 0.15) is 6.33 Å². The lowest BCUT2D eigenvalue weighted by atomic mass is 10.1. The zero-order valence-electron chi connectivity index (χ0n) is 13.1. The van der Waals surface area contributed by atoms with Crippen LogP contribution in [-0.2, 0) is 4.74 Å². The second kappa shape index (κ2) is 6.95. The molecule has 0 atom stereocenters. The van der Waals surface area contributed by atoms with Crippen LogP contribution in [0.2, 0.25) is 5.02 Å². The maximum absolute atomic E-state index is 12.6. The number of rotatable bonds is 4. The van der Waals surface area contributed by atoms with Gasteiger partial charge in [0.2, 0.25) is 0 Å². The van der Waals surface area contributed by atoms with Gasteiger partial charge in [0.15, 0.2) is 10.8 Å². The van der Waals surface area contributed by atoms with Crippen LogP contribution < -0.4 is 5.32 Å². The first-order chi connectivity index (χ1) is 12.0. The third-order valence-electron chi connectivity index (χ3n) is 3.20. The van der Waals surface area contributed by atoms with E-state index in [4.69, 9.17) is 11.6 Å². The van der Waals surface area contributed by atoms with Gasteiger partial charge in [0, 0.05) is 9.90 Å². The van der Waals surface area contributed by atoms with E-state index < -0.39 is 11.9 Å². The zero-order valence-corrected chi connectivity index (χ0v) is 14.6. The summed E-state index contributed by atoms with van der Waals surface area (Å²) in [5.74, 6) is -0.998. The summed E-state index contributed by atoms with van der Waals surface area (Å²) in [5.41, 5.74) is 0.875. The highest BCUT2D eigenvalue weighted by atomic mass is 35.5. The second-order valence-corrected chi connectivity index (χ2v) is 6.43. The molecule has 3 rings (SSSR count). The Bertz CT molecular complexity index is 940. The summed E-state index contributed by atoms with van der Waals surface area (Å²) >= 11 is 7.17. The number of benzene rings is 1. The van der Waals surface area contributed by atoms with Crippen molar-refractivity contribution in [2.24, 2.45) is 0 Å². The molecule has 0 fully saturated rings. The molecule has 0 saturated carbocycles. The van der Waals surface area contributed by atoms with E-state index in [9.17, 15) is 9.59 Å². The Labute approximate surface area is 150 Å². The molecular formula is C14H11ClN6O3S. The van der Waals surface area contributed by atoms with Gasteiger partial charge in [-0.15, -0.1) is 16.4 Å². The first-order valence-electron chi connectivity index (χ1n) is 6.89. The quantitative estimate of drug-likeness (QED) is 0.692. The number of carbonyl (C=O) groups excluding carboxylic acids is 2. The minimum absolute atomic E-state index is 0.166. The van der Waals surface area contributed by atoms with Gasteiger partial charge in [-0.25, -0.2) is 9.78 Å². The second-order valence-electron chi connectivity index (χ2n) is 4.79. The number of nitrogens with zero attached hydrogens (tertiary/aromatic N) is 5. The van der Waals surface area contributed by atoms with Crippen molar-refractivity contribution in [3.8, 4) is 5.69 Å². The first-order valence-corrected chi connectivity index (χ1v) is 8.09. The zero-order chi connectivity index (χ0) is 18.0. The Morgan fingerprint density at radius 3 is 2.84 bits per heavy atom. The molecule has 0 aliphatic carbocycles. The molecule has 1 N–H and O–H groups in total. The van der Waals surface area contributed by atoms with Gasteiger partial charge in [-0.1, -0.05) is 11.6 Å². The molecule has 0 bridgehead atoms. The molecule has 11 heteroatoms. The van der Waals surface area contributed by atoms with Crippen LogP contribution in [0.4, 0.5) is 5.13 Å². The molecule has 128 valence electrons. The predicted molar refractivity (Wildman–Crippen MR) is 90.3 cm³/mol. The predicted octanol–water partition coefficient (Wildman–Crippen LogP) is 2.12. The fraction of sp³-hybridized carbons (Fsp3) is 0.143. The standard InChI is InChI=1S/C14H11ClN6O3S/c1-7-11(13(23)24-2)17-14(25-7)18-12(22)9-4-3-8(15)5-10(9)21-6-16-19-20-21/h3-6H,1-2H3,(H,17,18,22). The number of halogens is 1. The van der Waals surface area contributed by atoms with Crippen LogP contribution in [0.3, 0.4) is 0 Å². The molecule has 0 spiro atoms. The van der Waals surface area contributed by atoms with E-state index in [0.717, 1.165) is 0 Å². The number of anilines is 1. The number of tetrazole rings is 1. The number of aromatic nitrogens is 5. The molecule has 0 radical (unpaired) electrons. The highest BCUT2D eigenvalue weighted by Gasteiger charge is 2.19. The van der Waals surface area contributed by atoms with E-state index in [2.05, 4.69) is 30.6 Å². The number of carbonyl (C=O) groups is 2. The van der Waals surface area contributed by atoms with E-state index in [-0.39, 0.29) is 10.8 Å². The Morgan fingerprint density at radius 2 is 2.16 bits per heavy atom. The maximum Gasteiger partial charge on any atom is 0.357 e. The maximum atomic E-state index is 12.6. The van der Waals surface area contributed by atoms with Gasteiger partial charge >= 0.3 is 5.97 Å². The fourth-order valence-electron chi connectivity index (χ4n) is 2.06. The molecule has 2 heterocycles. The largest absolute Gasteiger partial charge is 0.464 e. The third kappa shape index (κ3) is 3.49. The number of thiazole rings is 1. The van der Waals surface area contributed by atoms with Crippen molar-refractivity contribution in [2.45, 2.75) is 6.92 Å². The van der Waals surface area contributed by atoms with Crippen LogP contribution in [0.1, 0.15) is 25.7 Å². The van der Waals surface area contributed by atoms with E-state index in [1.807, 2.05) is 0 Å². The highest BCUT2D eigenvalue weighted by molar-refractivity contribution is 7.16. The number of nitrogens with one attached hydrogen (secondary N) is 1. The van der Waals surface area contributed by atoms with E-state index in [1.165, 1.54) is 29.5 Å². The van der Waals surface area contributed by atoms with Gasteiger partial charge in [-0.2, -0.15) is 4.68 Å². The number of hydrogen-bond donors (Lipinski definition) is 1. The molecule has 25 heavy (non-hydrogen) atoms. The molecule has 1 amide bonds. The van der Waals surface area contributed by atoms with Crippen LogP contribution >= 0.6 is 22.9 Å². The number of esters is 1. The highest BCUT2D eigenvalue weighted by Crippen LogP contribution is 2.25. The summed E-state index contributed by atoms with van der Waals surface area (Å²) < 4.78 is 5.98. The molecule has 3 aromatic rings. The van der Waals surface area contributed by atoms with E-state index >= 15 is 0 Å². The summed E-state index contributed by atoms with van der Waals surface area (Å²) in [6.07, 6.45) is 1.35. The lowest BCUT2D eigenvalue weighted by Gasteiger charge is -2.08. The summed E-state index contributed by atoms with van der Waals surface area (Å²) in [6, 6.07) is 4.70. The SMILES string of the molecule is COC(=O)c1nc(NC(=O)c2ccc(Cl)cc2-n2cnnn2)sc1C. The molecule has 0 aliphatic heterocycles. The third-order valence-corrected chi connectivity index (χ3v) is 4.32. The van der Waals surface area contributed by atoms with Crippen LogP contribution in [0, 0.1) is 6.92 Å². The van der Waals surface area contributed by atoms with Crippen LogP contribution in [-0.4, -0.2) is 44.2 Å². The van der Waals surface area contributed by atoms with E-state index in [1.54, 1.807) is 25.1 Å². The summed E-state index contributed by atoms with van der Waals surface area (Å²) in [6.45, 7) is 1.72. The average Bonchev–Trinajstić information content (AvgIpc) is 3.23. The number of hydrogen-bond acceptors (Lipinski definition) is 8. The van der Waals surface area contributed by atoms with Crippen molar-refractivity contribution < 1.29 is 14.3 Å². The first kappa shape index (κ1) is 17.0. The lowest BCUT2D eigenvalue weighted by molar-refractivity contribution is 0.0594. The van der Waals surface area contributed by atoms with Gasteiger partial charge in [-0.05, 0) is 35.5 Å². The normalized spacial score (nSPS) is 10.5. The summed E-state index contributed by atoms with van der Waals surface area (Å²) in [4.78, 5) is 29.0. The molecule has 0 saturated heterocycles. The van der Waals surface area contributed by atoms with Gasteiger partial charge in [-0.3, -0.25) is 10.1 Å². The Balaban J connectivity index is 1.91. The van der Waals surface area contributed by atoms with Gasteiger partial charge < -0.3 is 4.74 Å². The summed E-state index contributed by atoms with van der Waals surface area (Å²) in [5, 5.41) is 14.2. The number of ether oxygens (including phenoxy) is 1. The van der Waals surface area contributed by atoms with Gasteiger partial charge in [0.05, 0.1) is 18.4 Å². The minimum Gasteiger partial charge on any atom is -0.464 e. The Morgan fingerprint density at radius 1 is 1.36 bits per heavy atom. The molecule has 0 unspecified atom stereocenters. The number of methoxy groups -OCH3 is 1. The molecule has 2 aromatic heterocycles.